The lowest BCUT2D eigenvalue weighted by Crippen LogP contribution is -2.23. The molecule has 0 unspecified atom stereocenters. The Bertz CT molecular complexity index is 398. The first-order valence-corrected chi connectivity index (χ1v) is 5.59. The number of carbonyl (C=O) groups is 2. The van der Waals surface area contributed by atoms with Crippen LogP contribution in [0.3, 0.4) is 0 Å². The first kappa shape index (κ1) is 13.2. The van der Waals surface area contributed by atoms with Gasteiger partial charge in [0.2, 0.25) is 0 Å². The topological polar surface area (TPSA) is 52.6 Å². The van der Waals surface area contributed by atoms with Crippen LogP contribution in [0.1, 0.15) is 25.3 Å². The first-order chi connectivity index (χ1) is 8.15. The molecule has 0 radical (unpaired) electrons. The molecule has 0 aliphatic rings. The second-order valence-corrected chi connectivity index (χ2v) is 3.64. The van der Waals surface area contributed by atoms with E-state index in [1.807, 2.05) is 13.0 Å². The quantitative estimate of drug-likeness (QED) is 0.348. The van der Waals surface area contributed by atoms with Crippen LogP contribution >= 0.6 is 0 Å². The van der Waals surface area contributed by atoms with Crippen LogP contribution in [0.5, 0.6) is 5.75 Å². The SMILES string of the molecule is CCCCOC(=O)C(=O)Oc1ccccc1C. The van der Waals surface area contributed by atoms with Crippen LogP contribution in [0.4, 0.5) is 0 Å². The maximum Gasteiger partial charge on any atom is 0.422 e. The minimum atomic E-state index is -0.976. The summed E-state index contributed by atoms with van der Waals surface area (Å²) in [5.41, 5.74) is 0.794. The molecule has 0 heterocycles. The Morgan fingerprint density at radius 2 is 1.88 bits per heavy atom. The average Bonchev–Trinajstić information content (AvgIpc) is 2.32. The van der Waals surface area contributed by atoms with Gasteiger partial charge in [-0.1, -0.05) is 31.5 Å². The zero-order chi connectivity index (χ0) is 12.7. The first-order valence-electron chi connectivity index (χ1n) is 5.59. The van der Waals surface area contributed by atoms with Crippen molar-refractivity contribution in [2.24, 2.45) is 0 Å². The normalized spacial score (nSPS) is 9.76. The zero-order valence-corrected chi connectivity index (χ0v) is 10.1. The van der Waals surface area contributed by atoms with Crippen molar-refractivity contribution in [2.75, 3.05) is 6.61 Å². The molecule has 0 saturated heterocycles. The molecule has 0 spiro atoms. The molecule has 0 bridgehead atoms. The lowest BCUT2D eigenvalue weighted by Gasteiger charge is -2.06. The van der Waals surface area contributed by atoms with Gasteiger partial charge in [-0.15, -0.1) is 0 Å². The predicted molar refractivity (Wildman–Crippen MR) is 62.7 cm³/mol. The summed E-state index contributed by atoms with van der Waals surface area (Å²) in [5.74, 6) is -1.54. The molecule has 0 aliphatic heterocycles. The number of para-hydroxylation sites is 1. The Hall–Kier alpha value is -1.84. The third-order valence-electron chi connectivity index (χ3n) is 2.19. The Labute approximate surface area is 101 Å². The summed E-state index contributed by atoms with van der Waals surface area (Å²) >= 11 is 0. The fourth-order valence-electron chi connectivity index (χ4n) is 1.18. The standard InChI is InChI=1S/C13H16O4/c1-3-4-9-16-12(14)13(15)17-11-8-6-5-7-10(11)2/h5-8H,3-4,9H2,1-2H3. The van der Waals surface area contributed by atoms with E-state index in [1.165, 1.54) is 0 Å². The number of hydrogen-bond acceptors (Lipinski definition) is 4. The van der Waals surface area contributed by atoms with Crippen molar-refractivity contribution >= 4 is 11.9 Å². The van der Waals surface area contributed by atoms with E-state index in [0.29, 0.717) is 5.75 Å². The van der Waals surface area contributed by atoms with Gasteiger partial charge in [-0.2, -0.15) is 0 Å². The molecule has 4 heteroatoms. The molecule has 0 atom stereocenters. The Morgan fingerprint density at radius 3 is 2.53 bits per heavy atom. The Morgan fingerprint density at radius 1 is 1.18 bits per heavy atom. The molecule has 17 heavy (non-hydrogen) atoms. The fraction of sp³-hybridized carbons (Fsp3) is 0.385. The van der Waals surface area contributed by atoms with E-state index < -0.39 is 11.9 Å². The molecule has 1 rings (SSSR count). The van der Waals surface area contributed by atoms with Crippen molar-refractivity contribution in [2.45, 2.75) is 26.7 Å². The minimum absolute atomic E-state index is 0.248. The molecular weight excluding hydrogens is 220 g/mol. The van der Waals surface area contributed by atoms with E-state index in [-0.39, 0.29) is 6.61 Å². The van der Waals surface area contributed by atoms with Crippen LogP contribution in [0.2, 0.25) is 0 Å². The van der Waals surface area contributed by atoms with E-state index in [0.717, 1.165) is 18.4 Å². The second kappa shape index (κ2) is 6.68. The molecule has 0 saturated carbocycles. The molecule has 0 fully saturated rings. The molecule has 1 aromatic rings. The number of benzene rings is 1. The fourth-order valence-corrected chi connectivity index (χ4v) is 1.18. The highest BCUT2D eigenvalue weighted by atomic mass is 16.6. The number of unbranched alkanes of at least 4 members (excludes halogenated alkanes) is 1. The highest BCUT2D eigenvalue weighted by Crippen LogP contribution is 2.16. The van der Waals surface area contributed by atoms with Gasteiger partial charge in [0.25, 0.3) is 0 Å². The summed E-state index contributed by atoms with van der Waals surface area (Å²) in [7, 11) is 0. The lowest BCUT2D eigenvalue weighted by molar-refractivity contribution is -0.162. The van der Waals surface area contributed by atoms with Crippen molar-refractivity contribution in [3.63, 3.8) is 0 Å². The van der Waals surface area contributed by atoms with E-state index in [9.17, 15) is 9.59 Å². The van der Waals surface area contributed by atoms with Crippen molar-refractivity contribution in [1.82, 2.24) is 0 Å². The van der Waals surface area contributed by atoms with E-state index >= 15 is 0 Å². The predicted octanol–water partition coefficient (Wildman–Crippen LogP) is 2.24. The van der Waals surface area contributed by atoms with Gasteiger partial charge in [-0.3, -0.25) is 0 Å². The highest BCUT2D eigenvalue weighted by Gasteiger charge is 2.18. The second-order valence-electron chi connectivity index (χ2n) is 3.64. The van der Waals surface area contributed by atoms with Gasteiger partial charge in [-0.25, -0.2) is 9.59 Å². The maximum atomic E-state index is 11.4. The molecule has 0 aliphatic carbocycles. The van der Waals surface area contributed by atoms with Gasteiger partial charge in [0, 0.05) is 0 Å². The number of rotatable bonds is 4. The van der Waals surface area contributed by atoms with Gasteiger partial charge in [0.1, 0.15) is 5.75 Å². The van der Waals surface area contributed by atoms with Crippen LogP contribution in [-0.4, -0.2) is 18.5 Å². The van der Waals surface area contributed by atoms with Crippen LogP contribution < -0.4 is 4.74 Å². The van der Waals surface area contributed by atoms with Crippen LogP contribution in [0.15, 0.2) is 24.3 Å². The molecule has 0 aromatic heterocycles. The summed E-state index contributed by atoms with van der Waals surface area (Å²) in [6, 6.07) is 6.99. The Balaban J connectivity index is 2.49. The number of carbonyl (C=O) groups excluding carboxylic acids is 2. The van der Waals surface area contributed by atoms with Crippen molar-refractivity contribution in [3.8, 4) is 5.75 Å². The molecule has 0 N–H and O–H groups in total. The molecular formula is C13H16O4. The van der Waals surface area contributed by atoms with Crippen LogP contribution in [0, 0.1) is 6.92 Å². The molecule has 1 aromatic carbocycles. The van der Waals surface area contributed by atoms with Crippen LogP contribution in [-0.2, 0) is 14.3 Å². The summed E-state index contributed by atoms with van der Waals surface area (Å²) in [6.45, 7) is 4.02. The van der Waals surface area contributed by atoms with Crippen molar-refractivity contribution < 1.29 is 19.1 Å². The monoisotopic (exact) mass is 236 g/mol. The number of ether oxygens (including phenoxy) is 2. The number of aryl methyl sites for hydroxylation is 1. The van der Waals surface area contributed by atoms with Crippen molar-refractivity contribution in [1.29, 1.82) is 0 Å². The number of esters is 2. The highest BCUT2D eigenvalue weighted by molar-refractivity contribution is 6.30. The molecule has 92 valence electrons. The molecule has 0 amide bonds. The van der Waals surface area contributed by atoms with Crippen molar-refractivity contribution in [3.05, 3.63) is 29.8 Å². The van der Waals surface area contributed by atoms with Crippen LogP contribution in [0.25, 0.3) is 0 Å². The summed E-state index contributed by atoms with van der Waals surface area (Å²) in [4.78, 5) is 22.6. The van der Waals surface area contributed by atoms with Gasteiger partial charge in [0.15, 0.2) is 0 Å². The Kier molecular flexibility index (Phi) is 5.20. The van der Waals surface area contributed by atoms with E-state index in [4.69, 9.17) is 9.47 Å². The van der Waals surface area contributed by atoms with E-state index in [2.05, 4.69) is 0 Å². The van der Waals surface area contributed by atoms with Gasteiger partial charge < -0.3 is 9.47 Å². The summed E-state index contributed by atoms with van der Waals surface area (Å²) < 4.78 is 9.67. The minimum Gasteiger partial charge on any atom is -0.457 e. The molecule has 4 nitrogen and oxygen atoms in total. The third-order valence-corrected chi connectivity index (χ3v) is 2.19. The van der Waals surface area contributed by atoms with Gasteiger partial charge >= 0.3 is 11.9 Å². The van der Waals surface area contributed by atoms with Gasteiger partial charge in [0.05, 0.1) is 6.61 Å². The zero-order valence-electron chi connectivity index (χ0n) is 10.1. The third kappa shape index (κ3) is 4.26. The van der Waals surface area contributed by atoms with Gasteiger partial charge in [-0.05, 0) is 25.0 Å². The smallest absolute Gasteiger partial charge is 0.422 e. The largest absolute Gasteiger partial charge is 0.457 e. The summed E-state index contributed by atoms with van der Waals surface area (Å²) in [6.07, 6.45) is 1.64. The summed E-state index contributed by atoms with van der Waals surface area (Å²) in [5, 5.41) is 0. The van der Waals surface area contributed by atoms with E-state index in [1.54, 1.807) is 25.1 Å². The lowest BCUT2D eigenvalue weighted by atomic mass is 10.2. The maximum absolute atomic E-state index is 11.4. The average molecular weight is 236 g/mol. The number of hydrogen-bond donors (Lipinski definition) is 0.